The molecule has 0 bridgehead atoms. The maximum atomic E-state index is 13.4. The van der Waals surface area contributed by atoms with E-state index >= 15 is 0 Å². The SMILES string of the molecule is C[C@H](CO)N1C[C@H](C)[C@H](CN(C)C)Oc2cc(C#CCC3CCCC3)ccc2S1(=O)=O. The molecule has 0 radical (unpaired) electrons. The normalized spacial score (nSPS) is 25.1. The summed E-state index contributed by atoms with van der Waals surface area (Å²) in [5.41, 5.74) is 0.769. The minimum Gasteiger partial charge on any atom is -0.487 e. The minimum absolute atomic E-state index is 0.0450. The highest BCUT2D eigenvalue weighted by Gasteiger charge is 2.37. The Morgan fingerprint density at radius 1 is 1.29 bits per heavy atom. The van der Waals surface area contributed by atoms with Gasteiger partial charge in [0, 0.05) is 37.0 Å². The van der Waals surface area contributed by atoms with Crippen LogP contribution in [0.25, 0.3) is 0 Å². The van der Waals surface area contributed by atoms with Gasteiger partial charge < -0.3 is 14.7 Å². The van der Waals surface area contributed by atoms with Crippen molar-refractivity contribution < 1.29 is 18.3 Å². The molecular weight excluding hydrogens is 412 g/mol. The number of sulfonamides is 1. The highest BCUT2D eigenvalue weighted by molar-refractivity contribution is 7.89. The Morgan fingerprint density at radius 3 is 2.65 bits per heavy atom. The van der Waals surface area contributed by atoms with Crippen LogP contribution < -0.4 is 4.74 Å². The molecule has 1 N–H and O–H groups in total. The fourth-order valence-electron chi connectivity index (χ4n) is 4.39. The number of likely N-dealkylation sites (N-methyl/N-ethyl adjacent to an activating group) is 1. The summed E-state index contributed by atoms with van der Waals surface area (Å²) in [6.07, 6.45) is 5.81. The first kappa shape index (κ1) is 24.1. The maximum Gasteiger partial charge on any atom is 0.247 e. The first-order chi connectivity index (χ1) is 14.7. The molecule has 1 aromatic rings. The van der Waals surface area contributed by atoms with Gasteiger partial charge >= 0.3 is 0 Å². The molecule has 6 nitrogen and oxygen atoms in total. The third-order valence-electron chi connectivity index (χ3n) is 6.31. The number of hydrogen-bond donors (Lipinski definition) is 1. The molecule has 1 aliphatic carbocycles. The van der Waals surface area contributed by atoms with Crippen molar-refractivity contribution in [3.63, 3.8) is 0 Å². The number of rotatable bonds is 5. The zero-order valence-corrected chi connectivity index (χ0v) is 20.0. The van der Waals surface area contributed by atoms with Crippen molar-refractivity contribution in [2.45, 2.75) is 63.0 Å². The molecule has 2 aliphatic rings. The lowest BCUT2D eigenvalue weighted by Crippen LogP contribution is -2.49. The zero-order valence-electron chi connectivity index (χ0n) is 19.2. The second-order valence-electron chi connectivity index (χ2n) is 9.32. The lowest BCUT2D eigenvalue weighted by Gasteiger charge is -2.37. The Bertz CT molecular complexity index is 913. The number of fused-ring (bicyclic) bond motifs is 1. The Kier molecular flexibility index (Phi) is 8.03. The molecular formula is C24H36N2O4S. The highest BCUT2D eigenvalue weighted by atomic mass is 32.2. The molecule has 3 rings (SSSR count). The van der Waals surface area contributed by atoms with E-state index in [1.807, 2.05) is 25.9 Å². The van der Waals surface area contributed by atoms with E-state index in [2.05, 4.69) is 11.8 Å². The molecule has 1 heterocycles. The second kappa shape index (κ2) is 10.4. The summed E-state index contributed by atoms with van der Waals surface area (Å²) in [5, 5.41) is 9.69. The van der Waals surface area contributed by atoms with Crippen LogP contribution in [-0.2, 0) is 10.0 Å². The quantitative estimate of drug-likeness (QED) is 0.702. The fraction of sp³-hybridized carbons (Fsp3) is 0.667. The van der Waals surface area contributed by atoms with E-state index in [9.17, 15) is 13.5 Å². The van der Waals surface area contributed by atoms with Gasteiger partial charge in [-0.2, -0.15) is 4.31 Å². The third kappa shape index (κ3) is 5.81. The van der Waals surface area contributed by atoms with Crippen LogP contribution in [0.15, 0.2) is 23.1 Å². The van der Waals surface area contributed by atoms with Gasteiger partial charge in [-0.15, -0.1) is 0 Å². The van der Waals surface area contributed by atoms with Crippen LogP contribution in [0, 0.1) is 23.7 Å². The summed E-state index contributed by atoms with van der Waals surface area (Å²) in [6, 6.07) is 4.61. The van der Waals surface area contributed by atoms with Gasteiger partial charge in [-0.3, -0.25) is 0 Å². The largest absolute Gasteiger partial charge is 0.487 e. The van der Waals surface area contributed by atoms with Gasteiger partial charge in [0.25, 0.3) is 0 Å². The van der Waals surface area contributed by atoms with E-state index in [-0.39, 0.29) is 23.5 Å². The molecule has 7 heteroatoms. The van der Waals surface area contributed by atoms with E-state index in [0.717, 1.165) is 12.0 Å². The molecule has 0 unspecified atom stereocenters. The van der Waals surface area contributed by atoms with Crippen molar-refractivity contribution in [1.29, 1.82) is 0 Å². The van der Waals surface area contributed by atoms with E-state index in [4.69, 9.17) is 4.74 Å². The average Bonchev–Trinajstić information content (AvgIpc) is 3.23. The molecule has 0 amide bonds. The summed E-state index contributed by atoms with van der Waals surface area (Å²) in [6.45, 7) is 4.46. The van der Waals surface area contributed by atoms with E-state index < -0.39 is 16.1 Å². The van der Waals surface area contributed by atoms with Crippen LogP contribution in [0.4, 0.5) is 0 Å². The van der Waals surface area contributed by atoms with Gasteiger partial charge in [0.1, 0.15) is 16.7 Å². The monoisotopic (exact) mass is 448 g/mol. The summed E-state index contributed by atoms with van der Waals surface area (Å²) in [7, 11) is 0.153. The Balaban J connectivity index is 1.97. The van der Waals surface area contributed by atoms with Gasteiger partial charge in [-0.1, -0.05) is 31.6 Å². The van der Waals surface area contributed by atoms with Gasteiger partial charge in [0.05, 0.1) is 6.61 Å². The standard InChI is InChI=1S/C24H36N2O4S/c1-18-15-26(19(2)17-27)31(28,29)24-13-12-21(11-7-10-20-8-5-6-9-20)14-22(24)30-23(18)16-25(3)4/h12-14,18-20,23,27H,5-6,8-10,15-17H2,1-4H3/t18-,19+,23-/m0/s1. The first-order valence-electron chi connectivity index (χ1n) is 11.3. The lowest BCUT2D eigenvalue weighted by molar-refractivity contribution is 0.0812. The Hall–Kier alpha value is -1.59. The highest BCUT2D eigenvalue weighted by Crippen LogP contribution is 2.34. The molecule has 0 spiro atoms. The van der Waals surface area contributed by atoms with Crippen LogP contribution in [0.1, 0.15) is 51.5 Å². The van der Waals surface area contributed by atoms with E-state index in [1.165, 1.54) is 30.0 Å². The van der Waals surface area contributed by atoms with Crippen molar-refractivity contribution >= 4 is 10.0 Å². The third-order valence-corrected chi connectivity index (χ3v) is 8.33. The number of ether oxygens (including phenoxy) is 1. The van der Waals surface area contributed by atoms with Crippen molar-refractivity contribution in [2.75, 3.05) is 33.8 Å². The van der Waals surface area contributed by atoms with Gasteiger partial charge in [-0.05, 0) is 58.0 Å². The van der Waals surface area contributed by atoms with Gasteiger partial charge in [-0.25, -0.2) is 8.42 Å². The molecule has 31 heavy (non-hydrogen) atoms. The van der Waals surface area contributed by atoms with Crippen LogP contribution in [0.2, 0.25) is 0 Å². The van der Waals surface area contributed by atoms with Crippen molar-refractivity contribution in [2.24, 2.45) is 11.8 Å². The van der Waals surface area contributed by atoms with Crippen molar-refractivity contribution in [1.82, 2.24) is 9.21 Å². The smallest absolute Gasteiger partial charge is 0.247 e. The molecule has 1 aromatic carbocycles. The molecule has 1 aliphatic heterocycles. The summed E-state index contributed by atoms with van der Waals surface area (Å²) in [5.74, 6) is 7.48. The average molecular weight is 449 g/mol. The number of benzene rings is 1. The minimum atomic E-state index is -3.80. The number of aliphatic hydroxyl groups is 1. The van der Waals surface area contributed by atoms with Gasteiger partial charge in [0.2, 0.25) is 10.0 Å². The second-order valence-corrected chi connectivity index (χ2v) is 11.2. The number of hydrogen-bond acceptors (Lipinski definition) is 5. The summed E-state index contributed by atoms with van der Waals surface area (Å²) < 4.78 is 34.6. The van der Waals surface area contributed by atoms with E-state index in [1.54, 1.807) is 25.1 Å². The molecule has 3 atom stereocenters. The Labute approximate surface area is 187 Å². The molecule has 0 aromatic heterocycles. The maximum absolute atomic E-state index is 13.4. The summed E-state index contributed by atoms with van der Waals surface area (Å²) >= 11 is 0. The lowest BCUT2D eigenvalue weighted by atomic mass is 10.0. The molecule has 172 valence electrons. The molecule has 1 fully saturated rings. The fourth-order valence-corrected chi connectivity index (χ4v) is 6.22. The van der Waals surface area contributed by atoms with Crippen LogP contribution in [0.3, 0.4) is 0 Å². The predicted octanol–water partition coefficient (Wildman–Crippen LogP) is 2.95. The number of aliphatic hydroxyl groups excluding tert-OH is 1. The predicted molar refractivity (Wildman–Crippen MR) is 122 cm³/mol. The first-order valence-corrected chi connectivity index (χ1v) is 12.7. The van der Waals surface area contributed by atoms with Crippen LogP contribution >= 0.6 is 0 Å². The Morgan fingerprint density at radius 2 is 2.00 bits per heavy atom. The van der Waals surface area contributed by atoms with E-state index in [0.29, 0.717) is 24.8 Å². The molecule has 1 saturated carbocycles. The molecule has 0 saturated heterocycles. The number of nitrogens with zero attached hydrogens (tertiary/aromatic N) is 2. The van der Waals surface area contributed by atoms with Gasteiger partial charge in [0.15, 0.2) is 0 Å². The topological polar surface area (TPSA) is 70.1 Å². The summed E-state index contributed by atoms with van der Waals surface area (Å²) in [4.78, 5) is 2.19. The van der Waals surface area contributed by atoms with Crippen molar-refractivity contribution in [3.05, 3.63) is 23.8 Å². The van der Waals surface area contributed by atoms with Crippen LogP contribution in [-0.4, -0.2) is 68.7 Å². The van der Waals surface area contributed by atoms with Crippen LogP contribution in [0.5, 0.6) is 5.75 Å². The zero-order chi connectivity index (χ0) is 22.6. The van der Waals surface area contributed by atoms with Crippen molar-refractivity contribution in [3.8, 4) is 17.6 Å².